The van der Waals surface area contributed by atoms with Crippen LogP contribution in [0, 0.1) is 5.92 Å². The maximum absolute atomic E-state index is 5.36. The van der Waals surface area contributed by atoms with Gasteiger partial charge in [0.05, 0.1) is 13.2 Å². The lowest BCUT2D eigenvalue weighted by Gasteiger charge is -2.21. The van der Waals surface area contributed by atoms with E-state index in [1.807, 2.05) is 0 Å². The summed E-state index contributed by atoms with van der Waals surface area (Å²) in [5.41, 5.74) is 0. The predicted molar refractivity (Wildman–Crippen MR) is 35.3 cm³/mol. The lowest BCUT2D eigenvalue weighted by atomic mass is 10.0. The minimum Gasteiger partial charge on any atom is -0.378 e. The molecule has 2 rings (SSSR count). The summed E-state index contributed by atoms with van der Waals surface area (Å²) in [4.78, 5) is 0. The number of fused-ring (bicyclic) bond motifs is 2. The van der Waals surface area contributed by atoms with Crippen molar-refractivity contribution in [1.29, 1.82) is 0 Å². The van der Waals surface area contributed by atoms with Gasteiger partial charge in [-0.3, -0.25) is 0 Å². The first-order valence-electron chi connectivity index (χ1n) is 3.70. The fourth-order valence-electron chi connectivity index (χ4n) is 1.81. The highest BCUT2D eigenvalue weighted by atomic mass is 16.5. The Hall–Kier alpha value is -0.0800. The summed E-state index contributed by atoms with van der Waals surface area (Å²) in [5, 5.41) is 3.52. The molecule has 0 aliphatic carbocycles. The molecule has 2 aliphatic heterocycles. The van der Waals surface area contributed by atoms with Crippen molar-refractivity contribution >= 4 is 0 Å². The van der Waals surface area contributed by atoms with E-state index in [1.54, 1.807) is 0 Å². The van der Waals surface area contributed by atoms with Crippen LogP contribution in [0.15, 0.2) is 0 Å². The van der Waals surface area contributed by atoms with Crippen LogP contribution in [0.5, 0.6) is 0 Å². The monoisotopic (exact) mass is 127 g/mol. The highest BCUT2D eigenvalue weighted by molar-refractivity contribution is 4.91. The molecule has 2 heteroatoms. The quantitative estimate of drug-likeness (QED) is 0.508. The Morgan fingerprint density at radius 1 is 1.44 bits per heavy atom. The summed E-state index contributed by atoms with van der Waals surface area (Å²) in [6.07, 6.45) is 1.31. The number of morpholine rings is 1. The van der Waals surface area contributed by atoms with Gasteiger partial charge in [-0.25, -0.2) is 0 Å². The van der Waals surface area contributed by atoms with Gasteiger partial charge in [-0.2, -0.15) is 0 Å². The maximum atomic E-state index is 5.36. The van der Waals surface area contributed by atoms with Gasteiger partial charge in [0, 0.05) is 12.1 Å². The minimum absolute atomic E-state index is 0.656. The first-order chi connectivity index (χ1) is 4.36. The number of rotatable bonds is 0. The first kappa shape index (κ1) is 5.69. The molecule has 0 aromatic heterocycles. The van der Waals surface area contributed by atoms with E-state index in [0.29, 0.717) is 12.1 Å². The third-order valence-electron chi connectivity index (χ3n) is 2.41. The fraction of sp³-hybridized carbons (Fsp3) is 1.00. The zero-order valence-electron chi connectivity index (χ0n) is 5.76. The standard InChI is InChI=1S/C7H13NO/c1-5-2-6-3-9-4-7(5)8-6/h5-8H,2-4H2,1H3/t5-,6?,7?/m0/s1. The Labute approximate surface area is 55.6 Å². The van der Waals surface area contributed by atoms with Gasteiger partial charge in [0.1, 0.15) is 0 Å². The third kappa shape index (κ3) is 0.864. The molecule has 2 bridgehead atoms. The Kier molecular flexibility index (Phi) is 1.24. The van der Waals surface area contributed by atoms with Crippen LogP contribution in [-0.2, 0) is 4.74 Å². The summed E-state index contributed by atoms with van der Waals surface area (Å²) >= 11 is 0. The maximum Gasteiger partial charge on any atom is 0.0623 e. The van der Waals surface area contributed by atoms with Crippen LogP contribution in [0.4, 0.5) is 0 Å². The molecular formula is C7H13NO. The molecule has 2 heterocycles. The number of ether oxygens (including phenoxy) is 1. The van der Waals surface area contributed by atoms with Crippen LogP contribution in [0.2, 0.25) is 0 Å². The highest BCUT2D eigenvalue weighted by Crippen LogP contribution is 2.23. The van der Waals surface area contributed by atoms with Crippen LogP contribution in [0.3, 0.4) is 0 Å². The number of nitrogens with one attached hydrogen (secondary N) is 1. The largest absolute Gasteiger partial charge is 0.378 e. The summed E-state index contributed by atoms with van der Waals surface area (Å²) < 4.78 is 5.36. The van der Waals surface area contributed by atoms with Gasteiger partial charge in [-0.1, -0.05) is 6.92 Å². The van der Waals surface area contributed by atoms with Gasteiger partial charge in [0.25, 0.3) is 0 Å². The van der Waals surface area contributed by atoms with Crippen LogP contribution in [0.1, 0.15) is 13.3 Å². The predicted octanol–water partition coefficient (Wildman–Crippen LogP) is 0.383. The van der Waals surface area contributed by atoms with Crippen molar-refractivity contribution < 1.29 is 4.74 Å². The third-order valence-corrected chi connectivity index (χ3v) is 2.41. The van der Waals surface area contributed by atoms with Gasteiger partial charge < -0.3 is 10.1 Å². The van der Waals surface area contributed by atoms with Crippen molar-refractivity contribution in [3.05, 3.63) is 0 Å². The molecule has 2 fully saturated rings. The molecule has 0 aromatic rings. The second-order valence-corrected chi connectivity index (χ2v) is 3.22. The molecule has 1 N–H and O–H groups in total. The zero-order valence-corrected chi connectivity index (χ0v) is 5.76. The summed E-state index contributed by atoms with van der Waals surface area (Å²) in [6, 6.07) is 1.32. The molecule has 0 spiro atoms. The fourth-order valence-corrected chi connectivity index (χ4v) is 1.81. The molecule has 2 aliphatic rings. The van der Waals surface area contributed by atoms with Crippen LogP contribution < -0.4 is 5.32 Å². The zero-order chi connectivity index (χ0) is 6.27. The van der Waals surface area contributed by atoms with Gasteiger partial charge in [0.2, 0.25) is 0 Å². The second-order valence-electron chi connectivity index (χ2n) is 3.22. The normalized spacial score (nSPS) is 49.7. The Bertz CT molecular complexity index is 113. The topological polar surface area (TPSA) is 21.3 Å². The molecule has 3 atom stereocenters. The molecule has 2 saturated heterocycles. The molecule has 9 heavy (non-hydrogen) atoms. The van der Waals surface area contributed by atoms with E-state index in [4.69, 9.17) is 4.74 Å². The van der Waals surface area contributed by atoms with E-state index in [1.165, 1.54) is 6.42 Å². The average Bonchev–Trinajstić information content (AvgIpc) is 2.09. The molecule has 0 saturated carbocycles. The summed E-state index contributed by atoms with van der Waals surface area (Å²) in [7, 11) is 0. The van der Waals surface area contributed by atoms with Crippen molar-refractivity contribution in [3.8, 4) is 0 Å². The Balaban J connectivity index is 2.07. The van der Waals surface area contributed by atoms with Crippen LogP contribution >= 0.6 is 0 Å². The van der Waals surface area contributed by atoms with E-state index >= 15 is 0 Å². The highest BCUT2D eigenvalue weighted by Gasteiger charge is 2.33. The Morgan fingerprint density at radius 2 is 2.33 bits per heavy atom. The molecule has 0 aromatic carbocycles. The minimum atomic E-state index is 0.656. The second kappa shape index (κ2) is 1.96. The Morgan fingerprint density at radius 3 is 3.00 bits per heavy atom. The van der Waals surface area contributed by atoms with Crippen molar-refractivity contribution in [2.45, 2.75) is 25.4 Å². The van der Waals surface area contributed by atoms with Gasteiger partial charge >= 0.3 is 0 Å². The number of hydrogen-bond donors (Lipinski definition) is 1. The van der Waals surface area contributed by atoms with Crippen molar-refractivity contribution in [3.63, 3.8) is 0 Å². The van der Waals surface area contributed by atoms with Crippen molar-refractivity contribution in [1.82, 2.24) is 5.32 Å². The van der Waals surface area contributed by atoms with Gasteiger partial charge in [0.15, 0.2) is 0 Å². The summed E-state index contributed by atoms with van der Waals surface area (Å²) in [5.74, 6) is 0.831. The van der Waals surface area contributed by atoms with E-state index in [2.05, 4.69) is 12.2 Å². The van der Waals surface area contributed by atoms with Gasteiger partial charge in [-0.05, 0) is 12.3 Å². The van der Waals surface area contributed by atoms with Crippen LogP contribution in [-0.4, -0.2) is 25.3 Å². The lowest BCUT2D eigenvalue weighted by Crippen LogP contribution is -2.42. The molecule has 0 radical (unpaired) electrons. The van der Waals surface area contributed by atoms with Crippen LogP contribution in [0.25, 0.3) is 0 Å². The SMILES string of the molecule is C[C@H]1CC2COCC1N2. The molecular weight excluding hydrogens is 114 g/mol. The van der Waals surface area contributed by atoms with E-state index in [0.717, 1.165) is 19.1 Å². The molecule has 2 nitrogen and oxygen atoms in total. The molecule has 2 unspecified atom stereocenters. The lowest BCUT2D eigenvalue weighted by molar-refractivity contribution is 0.0688. The van der Waals surface area contributed by atoms with E-state index in [9.17, 15) is 0 Å². The summed E-state index contributed by atoms with van der Waals surface area (Å²) in [6.45, 7) is 4.16. The van der Waals surface area contributed by atoms with Crippen molar-refractivity contribution in [2.24, 2.45) is 5.92 Å². The van der Waals surface area contributed by atoms with E-state index in [-0.39, 0.29) is 0 Å². The van der Waals surface area contributed by atoms with Gasteiger partial charge in [-0.15, -0.1) is 0 Å². The number of hydrogen-bond acceptors (Lipinski definition) is 2. The van der Waals surface area contributed by atoms with E-state index < -0.39 is 0 Å². The first-order valence-corrected chi connectivity index (χ1v) is 3.70. The molecule has 0 amide bonds. The average molecular weight is 127 g/mol. The molecule has 52 valence electrons. The smallest absolute Gasteiger partial charge is 0.0623 e. The van der Waals surface area contributed by atoms with Crippen molar-refractivity contribution in [2.75, 3.05) is 13.2 Å².